The van der Waals surface area contributed by atoms with Crippen LogP contribution < -0.4 is 5.32 Å². The number of benzene rings is 2. The third-order valence-electron chi connectivity index (χ3n) is 3.41. The van der Waals surface area contributed by atoms with Gasteiger partial charge in [0.05, 0.1) is 28.8 Å². The minimum atomic E-state index is -0.195. The lowest BCUT2D eigenvalue weighted by atomic mass is 10.2. The van der Waals surface area contributed by atoms with Crippen LogP contribution in [-0.4, -0.2) is 37.7 Å². The van der Waals surface area contributed by atoms with E-state index in [1.807, 2.05) is 18.2 Å². The highest BCUT2D eigenvalue weighted by atomic mass is 32.2. The zero-order chi connectivity index (χ0) is 19.1. The maximum atomic E-state index is 12.2. The molecule has 0 aliphatic rings. The van der Waals surface area contributed by atoms with Crippen molar-refractivity contribution in [2.45, 2.75) is 10.1 Å². The number of nitrogens with zero attached hydrogens (tertiary/aromatic N) is 3. The van der Waals surface area contributed by atoms with Gasteiger partial charge < -0.3 is 10.4 Å². The van der Waals surface area contributed by atoms with Crippen LogP contribution in [0.25, 0.3) is 11.4 Å². The molecule has 1 amide bonds. The third-order valence-corrected chi connectivity index (χ3v) is 5.20. The van der Waals surface area contributed by atoms with Crippen molar-refractivity contribution >= 4 is 35.1 Å². The molecule has 0 bridgehead atoms. The number of para-hydroxylation sites is 2. The number of aromatic hydroxyl groups is 1. The van der Waals surface area contributed by atoms with E-state index in [1.54, 1.807) is 30.3 Å². The zero-order valence-electron chi connectivity index (χ0n) is 14.0. The molecule has 0 aliphatic heterocycles. The number of aromatic amines is 1. The first-order valence-electron chi connectivity index (χ1n) is 7.89. The summed E-state index contributed by atoms with van der Waals surface area (Å²) in [7, 11) is 0. The van der Waals surface area contributed by atoms with Gasteiger partial charge in [-0.2, -0.15) is 5.26 Å². The Kier molecular flexibility index (Phi) is 6.35. The van der Waals surface area contributed by atoms with E-state index in [4.69, 9.17) is 5.26 Å². The molecule has 1 heterocycles. The SMILES string of the molecule is N#CCSc1ccccc1NC(=O)CSc1n[nH]c(-c2ccccc2O)n1. The van der Waals surface area contributed by atoms with E-state index in [2.05, 4.69) is 26.6 Å². The minimum absolute atomic E-state index is 0.106. The van der Waals surface area contributed by atoms with Gasteiger partial charge in [0, 0.05) is 4.90 Å². The summed E-state index contributed by atoms with van der Waals surface area (Å²) in [6.45, 7) is 0. The van der Waals surface area contributed by atoms with E-state index < -0.39 is 0 Å². The average Bonchev–Trinajstić information content (AvgIpc) is 3.15. The van der Waals surface area contributed by atoms with Gasteiger partial charge in [-0.15, -0.1) is 16.9 Å². The van der Waals surface area contributed by atoms with Crippen LogP contribution in [0.2, 0.25) is 0 Å². The highest BCUT2D eigenvalue weighted by Crippen LogP contribution is 2.28. The molecule has 0 spiro atoms. The van der Waals surface area contributed by atoms with Gasteiger partial charge in [-0.05, 0) is 24.3 Å². The maximum absolute atomic E-state index is 12.2. The molecule has 2 aromatic carbocycles. The molecule has 0 radical (unpaired) electrons. The molecular formula is C18H15N5O2S2. The summed E-state index contributed by atoms with van der Waals surface area (Å²) in [5.74, 6) is 0.797. The number of phenols is 1. The van der Waals surface area contributed by atoms with Crippen LogP contribution in [0, 0.1) is 11.3 Å². The fourth-order valence-corrected chi connectivity index (χ4v) is 3.50. The summed E-state index contributed by atoms with van der Waals surface area (Å²) in [6, 6.07) is 16.2. The summed E-state index contributed by atoms with van der Waals surface area (Å²) in [5.41, 5.74) is 1.22. The van der Waals surface area contributed by atoms with Gasteiger partial charge in [0.1, 0.15) is 5.75 Å². The van der Waals surface area contributed by atoms with Crippen molar-refractivity contribution < 1.29 is 9.90 Å². The highest BCUT2D eigenvalue weighted by molar-refractivity contribution is 8.00. The molecule has 1 aromatic heterocycles. The summed E-state index contributed by atoms with van der Waals surface area (Å²) < 4.78 is 0. The van der Waals surface area contributed by atoms with E-state index in [9.17, 15) is 9.90 Å². The Hall–Kier alpha value is -2.96. The van der Waals surface area contributed by atoms with Crippen LogP contribution in [-0.2, 0) is 4.79 Å². The van der Waals surface area contributed by atoms with Crippen molar-refractivity contribution in [1.29, 1.82) is 5.26 Å². The monoisotopic (exact) mass is 397 g/mol. The fraction of sp³-hybridized carbons (Fsp3) is 0.111. The van der Waals surface area contributed by atoms with Crippen LogP contribution in [0.1, 0.15) is 0 Å². The van der Waals surface area contributed by atoms with Crippen molar-refractivity contribution in [3.05, 3.63) is 48.5 Å². The molecule has 0 aliphatic carbocycles. The molecule has 0 unspecified atom stereocenters. The first-order valence-corrected chi connectivity index (χ1v) is 9.86. The molecule has 0 fully saturated rings. The predicted octanol–water partition coefficient (Wildman–Crippen LogP) is 3.52. The van der Waals surface area contributed by atoms with Crippen molar-refractivity contribution in [2.75, 3.05) is 16.8 Å². The molecule has 3 N–H and O–H groups in total. The number of nitriles is 1. The smallest absolute Gasteiger partial charge is 0.234 e. The number of hydrogen-bond donors (Lipinski definition) is 3. The topological polar surface area (TPSA) is 115 Å². The van der Waals surface area contributed by atoms with Gasteiger partial charge in [-0.1, -0.05) is 36.0 Å². The van der Waals surface area contributed by atoms with Crippen LogP contribution in [0.4, 0.5) is 5.69 Å². The van der Waals surface area contributed by atoms with Gasteiger partial charge >= 0.3 is 0 Å². The first-order chi connectivity index (χ1) is 13.2. The first kappa shape index (κ1) is 18.8. The summed E-state index contributed by atoms with van der Waals surface area (Å²) >= 11 is 2.56. The van der Waals surface area contributed by atoms with Gasteiger partial charge in [-0.25, -0.2) is 4.98 Å². The number of aromatic nitrogens is 3. The summed E-state index contributed by atoms with van der Waals surface area (Å²) in [5, 5.41) is 28.7. The quantitative estimate of drug-likeness (QED) is 0.523. The van der Waals surface area contributed by atoms with Crippen molar-refractivity contribution in [3.63, 3.8) is 0 Å². The lowest BCUT2D eigenvalue weighted by Crippen LogP contribution is -2.14. The fourth-order valence-electron chi connectivity index (χ4n) is 2.23. The van der Waals surface area contributed by atoms with Crippen LogP contribution in [0.5, 0.6) is 5.75 Å². The molecule has 27 heavy (non-hydrogen) atoms. The van der Waals surface area contributed by atoms with Gasteiger partial charge in [0.15, 0.2) is 5.82 Å². The second-order valence-electron chi connectivity index (χ2n) is 5.26. The number of carbonyl (C=O) groups excluding carboxylic acids is 1. The molecule has 0 atom stereocenters. The van der Waals surface area contributed by atoms with Crippen LogP contribution in [0.15, 0.2) is 58.6 Å². The molecule has 3 aromatic rings. The Labute approximate surface area is 164 Å². The van der Waals surface area contributed by atoms with Crippen LogP contribution in [0.3, 0.4) is 0 Å². The maximum Gasteiger partial charge on any atom is 0.234 e. The Morgan fingerprint density at radius 3 is 2.78 bits per heavy atom. The molecule has 0 saturated heterocycles. The molecule has 136 valence electrons. The van der Waals surface area contributed by atoms with E-state index in [1.165, 1.54) is 23.5 Å². The number of nitrogens with one attached hydrogen (secondary N) is 2. The second-order valence-corrected chi connectivity index (χ2v) is 7.22. The third kappa shape index (κ3) is 5.03. The molecule has 3 rings (SSSR count). The average molecular weight is 397 g/mol. The molecule has 9 heteroatoms. The van der Waals surface area contributed by atoms with Gasteiger partial charge in [0.25, 0.3) is 0 Å². The number of thioether (sulfide) groups is 2. The van der Waals surface area contributed by atoms with Crippen molar-refractivity contribution in [3.8, 4) is 23.2 Å². The number of phenolic OH excluding ortho intramolecular Hbond substituents is 1. The van der Waals surface area contributed by atoms with E-state index in [-0.39, 0.29) is 17.4 Å². The lowest BCUT2D eigenvalue weighted by molar-refractivity contribution is -0.113. The standard InChI is InChI=1S/C18H15N5O2S2/c19-9-10-26-15-8-4-2-6-13(15)20-16(25)11-27-18-21-17(22-23-18)12-5-1-3-7-14(12)24/h1-8,24H,10-11H2,(H,20,25)(H,21,22,23). The van der Waals surface area contributed by atoms with E-state index >= 15 is 0 Å². The van der Waals surface area contributed by atoms with Crippen molar-refractivity contribution in [2.24, 2.45) is 0 Å². The Morgan fingerprint density at radius 2 is 1.96 bits per heavy atom. The van der Waals surface area contributed by atoms with Crippen molar-refractivity contribution in [1.82, 2.24) is 15.2 Å². The lowest BCUT2D eigenvalue weighted by Gasteiger charge is -2.08. The molecule has 7 nitrogen and oxygen atoms in total. The highest BCUT2D eigenvalue weighted by Gasteiger charge is 2.12. The number of H-pyrrole nitrogens is 1. The molecule has 0 saturated carbocycles. The number of hydrogen-bond acceptors (Lipinski definition) is 7. The number of anilines is 1. The zero-order valence-corrected chi connectivity index (χ0v) is 15.7. The Bertz CT molecular complexity index is 984. The minimum Gasteiger partial charge on any atom is -0.507 e. The second kappa shape index (κ2) is 9.12. The summed E-state index contributed by atoms with van der Waals surface area (Å²) in [4.78, 5) is 17.4. The number of amides is 1. The van der Waals surface area contributed by atoms with Gasteiger partial charge in [-0.3, -0.25) is 9.89 Å². The number of carbonyl (C=O) groups is 1. The Morgan fingerprint density at radius 1 is 1.19 bits per heavy atom. The predicted molar refractivity (Wildman–Crippen MR) is 106 cm³/mol. The van der Waals surface area contributed by atoms with Crippen LogP contribution >= 0.6 is 23.5 Å². The largest absolute Gasteiger partial charge is 0.507 e. The number of rotatable bonds is 7. The van der Waals surface area contributed by atoms with Gasteiger partial charge in [0.2, 0.25) is 11.1 Å². The van der Waals surface area contributed by atoms with E-state index in [0.717, 1.165) is 4.90 Å². The summed E-state index contributed by atoms with van der Waals surface area (Å²) in [6.07, 6.45) is 0. The molecular weight excluding hydrogens is 382 g/mol. The Balaban J connectivity index is 1.59. The van der Waals surface area contributed by atoms with E-state index in [0.29, 0.717) is 28.0 Å². The normalized spacial score (nSPS) is 10.3.